The third kappa shape index (κ3) is 5.31. The van der Waals surface area contributed by atoms with Crippen molar-refractivity contribution >= 4 is 28.9 Å². The van der Waals surface area contributed by atoms with Gasteiger partial charge in [0.15, 0.2) is 18.2 Å². The second-order valence-electron chi connectivity index (χ2n) is 9.43. The molecule has 1 saturated heterocycles. The monoisotopic (exact) mass is 548 g/mol. The predicted molar refractivity (Wildman–Crippen MR) is 135 cm³/mol. The number of anilines is 4. The van der Waals surface area contributed by atoms with Crippen molar-refractivity contribution in [1.82, 2.24) is 15.3 Å². The van der Waals surface area contributed by atoms with Crippen LogP contribution in [0.5, 0.6) is 5.75 Å². The molecule has 2 aliphatic rings. The number of benzene rings is 2. The van der Waals surface area contributed by atoms with E-state index in [0.717, 1.165) is 25.4 Å². The molecule has 1 aromatic heterocycles. The lowest BCUT2D eigenvalue weighted by atomic mass is 10.0. The predicted octanol–water partition coefficient (Wildman–Crippen LogP) is 4.73. The minimum atomic E-state index is -4.85. The van der Waals surface area contributed by atoms with E-state index in [1.165, 1.54) is 17.0 Å². The van der Waals surface area contributed by atoms with E-state index in [9.17, 15) is 26.7 Å². The first-order valence-corrected chi connectivity index (χ1v) is 12.3. The van der Waals surface area contributed by atoms with E-state index < -0.39 is 53.4 Å². The van der Waals surface area contributed by atoms with Crippen molar-refractivity contribution in [3.63, 3.8) is 0 Å². The van der Waals surface area contributed by atoms with E-state index in [1.807, 2.05) is 4.90 Å². The summed E-state index contributed by atoms with van der Waals surface area (Å²) in [6.45, 7) is 5.52. The number of hydrogen-bond donors (Lipinski definition) is 2. The van der Waals surface area contributed by atoms with Crippen molar-refractivity contribution in [3.8, 4) is 17.0 Å². The van der Waals surface area contributed by atoms with E-state index in [-0.39, 0.29) is 22.9 Å². The molecule has 2 aromatic carbocycles. The second-order valence-corrected chi connectivity index (χ2v) is 9.43. The number of ether oxygens (including phenoxy) is 1. The molecule has 2 aliphatic heterocycles. The molecule has 206 valence electrons. The highest BCUT2D eigenvalue weighted by Crippen LogP contribution is 2.47. The minimum Gasteiger partial charge on any atom is -0.481 e. The summed E-state index contributed by atoms with van der Waals surface area (Å²) in [4.78, 5) is 23.5. The molecule has 0 spiro atoms. The molecule has 2 N–H and O–H groups in total. The molecule has 3 aromatic rings. The van der Waals surface area contributed by atoms with Crippen molar-refractivity contribution in [2.75, 3.05) is 47.9 Å². The Balaban J connectivity index is 1.52. The number of nitrogens with zero attached hydrogens (tertiary/aromatic N) is 4. The summed E-state index contributed by atoms with van der Waals surface area (Å²) in [5.74, 6) is -2.65. The number of fused-ring (bicyclic) bond motifs is 1. The molecule has 0 radical (unpaired) electrons. The van der Waals surface area contributed by atoms with Crippen LogP contribution in [0, 0.1) is 11.6 Å². The molecule has 0 saturated carbocycles. The Hall–Kier alpha value is -4.00. The van der Waals surface area contributed by atoms with Gasteiger partial charge < -0.3 is 25.2 Å². The number of piperazine rings is 1. The zero-order valence-corrected chi connectivity index (χ0v) is 21.1. The van der Waals surface area contributed by atoms with Crippen molar-refractivity contribution in [2.24, 2.45) is 0 Å². The van der Waals surface area contributed by atoms with Crippen LogP contribution in [0.2, 0.25) is 0 Å². The third-order valence-corrected chi connectivity index (χ3v) is 6.44. The molecule has 0 bridgehead atoms. The average molecular weight is 549 g/mol. The van der Waals surface area contributed by atoms with E-state index in [4.69, 9.17) is 4.74 Å². The SMILES string of the molecule is CC(C)N1C(=O)COc2c1cc(-c1nc(Nc3ccc(N4CCNCC4)c(F)c3)ncc1F)cc2C(F)(F)F. The van der Waals surface area contributed by atoms with Gasteiger partial charge in [-0.15, -0.1) is 0 Å². The van der Waals surface area contributed by atoms with Crippen LogP contribution in [0.25, 0.3) is 11.3 Å². The van der Waals surface area contributed by atoms with Gasteiger partial charge in [0.2, 0.25) is 5.95 Å². The Labute approximate surface area is 220 Å². The molecule has 3 heterocycles. The lowest BCUT2D eigenvalue weighted by molar-refractivity contribution is -0.140. The van der Waals surface area contributed by atoms with Crippen LogP contribution in [-0.4, -0.2) is 54.7 Å². The van der Waals surface area contributed by atoms with Gasteiger partial charge in [0, 0.05) is 43.5 Å². The van der Waals surface area contributed by atoms with Gasteiger partial charge in [-0.05, 0) is 44.2 Å². The van der Waals surface area contributed by atoms with Crippen LogP contribution in [0.15, 0.2) is 36.5 Å². The summed E-state index contributed by atoms with van der Waals surface area (Å²) in [5, 5.41) is 5.98. The summed E-state index contributed by atoms with van der Waals surface area (Å²) in [6.07, 6.45) is -4.04. The van der Waals surface area contributed by atoms with Crippen LogP contribution in [0.4, 0.5) is 45.0 Å². The molecular weight excluding hydrogens is 523 g/mol. The van der Waals surface area contributed by atoms with Gasteiger partial charge in [0.1, 0.15) is 17.1 Å². The summed E-state index contributed by atoms with van der Waals surface area (Å²) < 4.78 is 76.9. The van der Waals surface area contributed by atoms with E-state index in [1.54, 1.807) is 26.0 Å². The fourth-order valence-corrected chi connectivity index (χ4v) is 4.70. The molecule has 13 heteroatoms. The van der Waals surface area contributed by atoms with Gasteiger partial charge in [-0.3, -0.25) is 4.79 Å². The topological polar surface area (TPSA) is 82.6 Å². The highest BCUT2D eigenvalue weighted by Gasteiger charge is 2.40. The van der Waals surface area contributed by atoms with Crippen LogP contribution in [0.1, 0.15) is 19.4 Å². The lowest BCUT2D eigenvalue weighted by Crippen LogP contribution is -2.43. The standard InChI is InChI=1S/C26H25F5N6O2/c1-14(2)37-21-10-15(9-17(26(29,30)31)24(21)39-13-22(37)38)23-19(28)12-33-25(35-23)34-16-3-4-20(18(27)11-16)36-7-5-32-6-8-36/h3-4,9-12,14,32H,5-8,13H2,1-2H3,(H,33,34,35). The van der Waals surface area contributed by atoms with E-state index in [0.29, 0.717) is 18.8 Å². The van der Waals surface area contributed by atoms with Crippen LogP contribution < -0.4 is 25.2 Å². The Morgan fingerprint density at radius 3 is 2.46 bits per heavy atom. The first kappa shape index (κ1) is 26.6. The first-order valence-electron chi connectivity index (χ1n) is 12.3. The van der Waals surface area contributed by atoms with Crippen LogP contribution in [-0.2, 0) is 11.0 Å². The molecular formula is C26H25F5N6O2. The third-order valence-electron chi connectivity index (χ3n) is 6.44. The maximum Gasteiger partial charge on any atom is 0.420 e. The molecule has 0 atom stereocenters. The number of hydrogen-bond acceptors (Lipinski definition) is 7. The summed E-state index contributed by atoms with van der Waals surface area (Å²) in [7, 11) is 0. The van der Waals surface area contributed by atoms with E-state index in [2.05, 4.69) is 20.6 Å². The maximum absolute atomic E-state index is 14.9. The number of carbonyl (C=O) groups is 1. The zero-order valence-electron chi connectivity index (χ0n) is 21.1. The number of aromatic nitrogens is 2. The molecule has 1 fully saturated rings. The molecule has 0 aliphatic carbocycles. The van der Waals surface area contributed by atoms with Gasteiger partial charge in [0.25, 0.3) is 5.91 Å². The molecule has 0 unspecified atom stereocenters. The van der Waals surface area contributed by atoms with Gasteiger partial charge in [-0.1, -0.05) is 0 Å². The van der Waals surface area contributed by atoms with Crippen molar-refractivity contribution in [1.29, 1.82) is 0 Å². The normalized spacial score (nSPS) is 15.8. The Kier molecular flexibility index (Phi) is 7.02. The average Bonchev–Trinajstić information content (AvgIpc) is 2.89. The van der Waals surface area contributed by atoms with Crippen LogP contribution >= 0.6 is 0 Å². The summed E-state index contributed by atoms with van der Waals surface area (Å²) in [6, 6.07) is 5.93. The largest absolute Gasteiger partial charge is 0.481 e. The van der Waals surface area contributed by atoms with Crippen LogP contribution in [0.3, 0.4) is 0 Å². The Morgan fingerprint density at radius 1 is 1.05 bits per heavy atom. The number of alkyl halides is 3. The quantitative estimate of drug-likeness (QED) is 0.447. The molecule has 1 amide bonds. The van der Waals surface area contributed by atoms with Crippen molar-refractivity contribution < 1.29 is 31.5 Å². The maximum atomic E-state index is 14.9. The van der Waals surface area contributed by atoms with Gasteiger partial charge in [0.05, 0.1) is 17.6 Å². The molecule has 5 rings (SSSR count). The highest BCUT2D eigenvalue weighted by molar-refractivity contribution is 5.99. The molecule has 8 nitrogen and oxygen atoms in total. The highest BCUT2D eigenvalue weighted by atomic mass is 19.4. The van der Waals surface area contributed by atoms with Gasteiger partial charge in [-0.2, -0.15) is 13.2 Å². The minimum absolute atomic E-state index is 0.135. The number of rotatable bonds is 5. The number of amides is 1. The van der Waals surface area contributed by atoms with E-state index >= 15 is 0 Å². The molecule has 39 heavy (non-hydrogen) atoms. The van der Waals surface area contributed by atoms with Gasteiger partial charge in [-0.25, -0.2) is 18.7 Å². The number of nitrogens with one attached hydrogen (secondary N) is 2. The van der Waals surface area contributed by atoms with Crippen molar-refractivity contribution in [3.05, 3.63) is 53.7 Å². The number of halogens is 5. The summed E-state index contributed by atoms with van der Waals surface area (Å²) in [5.41, 5.74) is -1.25. The number of carbonyl (C=O) groups excluding carboxylic acids is 1. The lowest BCUT2D eigenvalue weighted by Gasteiger charge is -2.34. The fourth-order valence-electron chi connectivity index (χ4n) is 4.70. The van der Waals surface area contributed by atoms with Gasteiger partial charge >= 0.3 is 6.18 Å². The smallest absolute Gasteiger partial charge is 0.420 e. The fraction of sp³-hybridized carbons (Fsp3) is 0.346. The zero-order chi connectivity index (χ0) is 27.9. The summed E-state index contributed by atoms with van der Waals surface area (Å²) >= 11 is 0. The Bertz CT molecular complexity index is 1410. The van der Waals surface area contributed by atoms with Crippen molar-refractivity contribution in [2.45, 2.75) is 26.1 Å². The first-order chi connectivity index (χ1) is 18.5. The second kappa shape index (κ2) is 10.3. The Morgan fingerprint density at radius 2 is 1.79 bits per heavy atom.